The molecule has 0 aliphatic rings. The Bertz CT molecular complexity index is 576. The molecule has 0 amide bonds. The third-order valence-electron chi connectivity index (χ3n) is 2.95. The minimum Gasteiger partial charge on any atom is -0.324 e. The molecule has 2 N–H and O–H groups in total. The predicted octanol–water partition coefficient (Wildman–Crippen LogP) is 3.65. The molecule has 2 aromatic carbocycles. The van der Waals surface area contributed by atoms with Crippen molar-refractivity contribution in [1.82, 2.24) is 0 Å². The van der Waals surface area contributed by atoms with Crippen LogP contribution in [0.25, 0.3) is 0 Å². The van der Waals surface area contributed by atoms with Crippen LogP contribution < -0.4 is 5.73 Å². The quantitative estimate of drug-likeness (QED) is 0.900. The van der Waals surface area contributed by atoms with Gasteiger partial charge in [-0.1, -0.05) is 12.1 Å². The second kappa shape index (κ2) is 5.45. The van der Waals surface area contributed by atoms with Crippen LogP contribution >= 0.6 is 0 Å². The van der Waals surface area contributed by atoms with E-state index < -0.39 is 17.7 Å². The molecule has 1 unspecified atom stereocenters. The van der Waals surface area contributed by atoms with E-state index in [4.69, 9.17) is 5.73 Å². The van der Waals surface area contributed by atoms with Crippen LogP contribution in [0.4, 0.5) is 13.2 Å². The molecule has 0 aromatic heterocycles. The maximum absolute atomic E-state index is 13.5. The van der Waals surface area contributed by atoms with Crippen molar-refractivity contribution in [2.24, 2.45) is 5.73 Å². The maximum atomic E-state index is 13.5. The normalized spacial score (nSPS) is 12.5. The number of hydrogen-bond acceptors (Lipinski definition) is 1. The summed E-state index contributed by atoms with van der Waals surface area (Å²) in [5, 5.41) is 0. The lowest BCUT2D eigenvalue weighted by Gasteiger charge is -2.13. The SMILES string of the molecule is Cc1cc(F)cc(C(N)Cc2ccc(F)cc2F)c1. The van der Waals surface area contributed by atoms with Crippen LogP contribution in [0.3, 0.4) is 0 Å². The molecule has 0 saturated heterocycles. The number of aryl methyl sites for hydroxylation is 1. The van der Waals surface area contributed by atoms with Crippen molar-refractivity contribution < 1.29 is 13.2 Å². The standard InChI is InChI=1S/C15H14F3N/c1-9-4-11(6-13(17)5-9)15(19)7-10-2-3-12(16)8-14(10)18/h2-6,8,15H,7,19H2,1H3. The molecule has 0 aliphatic heterocycles. The average Bonchev–Trinajstić information content (AvgIpc) is 2.31. The summed E-state index contributed by atoms with van der Waals surface area (Å²) in [6.45, 7) is 1.76. The summed E-state index contributed by atoms with van der Waals surface area (Å²) in [7, 11) is 0. The molecule has 0 radical (unpaired) electrons. The van der Waals surface area contributed by atoms with Crippen molar-refractivity contribution in [3.8, 4) is 0 Å². The molecule has 1 atom stereocenters. The number of rotatable bonds is 3. The fraction of sp³-hybridized carbons (Fsp3) is 0.200. The summed E-state index contributed by atoms with van der Waals surface area (Å²) in [4.78, 5) is 0. The second-order valence-electron chi connectivity index (χ2n) is 4.61. The molecule has 0 heterocycles. The van der Waals surface area contributed by atoms with Gasteiger partial charge < -0.3 is 5.73 Å². The molecule has 100 valence electrons. The van der Waals surface area contributed by atoms with Crippen LogP contribution in [0.2, 0.25) is 0 Å². The minimum absolute atomic E-state index is 0.189. The van der Waals surface area contributed by atoms with Crippen LogP contribution in [0.5, 0.6) is 0 Å². The summed E-state index contributed by atoms with van der Waals surface area (Å²) >= 11 is 0. The summed E-state index contributed by atoms with van der Waals surface area (Å²) in [5.41, 5.74) is 7.61. The third-order valence-corrected chi connectivity index (χ3v) is 2.95. The molecule has 0 spiro atoms. The van der Waals surface area contributed by atoms with E-state index in [-0.39, 0.29) is 12.2 Å². The monoisotopic (exact) mass is 265 g/mol. The van der Waals surface area contributed by atoms with Gasteiger partial charge in [0.1, 0.15) is 17.5 Å². The van der Waals surface area contributed by atoms with Gasteiger partial charge in [-0.15, -0.1) is 0 Å². The largest absolute Gasteiger partial charge is 0.324 e. The zero-order valence-electron chi connectivity index (χ0n) is 10.5. The van der Waals surface area contributed by atoms with Crippen LogP contribution in [0.1, 0.15) is 22.7 Å². The summed E-state index contributed by atoms with van der Waals surface area (Å²) in [6, 6.07) is 7.31. The first-order chi connectivity index (χ1) is 8.95. The van der Waals surface area contributed by atoms with Crippen LogP contribution in [0.15, 0.2) is 36.4 Å². The van der Waals surface area contributed by atoms with Gasteiger partial charge in [-0.3, -0.25) is 0 Å². The van der Waals surface area contributed by atoms with Crippen molar-refractivity contribution in [3.05, 3.63) is 70.5 Å². The third kappa shape index (κ3) is 3.35. The van der Waals surface area contributed by atoms with Gasteiger partial charge in [0.2, 0.25) is 0 Å². The molecule has 0 bridgehead atoms. The fourth-order valence-electron chi connectivity index (χ4n) is 2.02. The summed E-state index contributed by atoms with van der Waals surface area (Å²) in [6.07, 6.45) is 0.189. The number of nitrogens with two attached hydrogens (primary N) is 1. The van der Waals surface area contributed by atoms with E-state index >= 15 is 0 Å². The molecule has 1 nitrogen and oxygen atoms in total. The Kier molecular flexibility index (Phi) is 3.90. The first-order valence-electron chi connectivity index (χ1n) is 5.92. The molecule has 0 aliphatic carbocycles. The highest BCUT2D eigenvalue weighted by molar-refractivity contribution is 5.28. The van der Waals surface area contributed by atoms with E-state index in [1.54, 1.807) is 13.0 Å². The average molecular weight is 265 g/mol. The van der Waals surface area contributed by atoms with E-state index in [2.05, 4.69) is 0 Å². The molecule has 19 heavy (non-hydrogen) atoms. The Balaban J connectivity index is 2.22. The van der Waals surface area contributed by atoms with Crippen molar-refractivity contribution in [1.29, 1.82) is 0 Å². The van der Waals surface area contributed by atoms with Gasteiger partial charge in [-0.2, -0.15) is 0 Å². The van der Waals surface area contributed by atoms with Crippen molar-refractivity contribution in [2.75, 3.05) is 0 Å². The second-order valence-corrected chi connectivity index (χ2v) is 4.61. The minimum atomic E-state index is -0.636. The molecule has 2 aromatic rings. The topological polar surface area (TPSA) is 26.0 Å². The molecule has 4 heteroatoms. The van der Waals surface area contributed by atoms with Gasteiger partial charge in [0.05, 0.1) is 0 Å². The van der Waals surface area contributed by atoms with E-state index in [0.29, 0.717) is 11.1 Å². The Morgan fingerprint density at radius 1 is 1.00 bits per heavy atom. The summed E-state index contributed by atoms with van der Waals surface area (Å²) in [5.74, 6) is -1.63. The van der Waals surface area contributed by atoms with Gasteiger partial charge in [0.15, 0.2) is 0 Å². The lowest BCUT2D eigenvalue weighted by atomic mass is 9.98. The Morgan fingerprint density at radius 2 is 1.74 bits per heavy atom. The lowest BCUT2D eigenvalue weighted by molar-refractivity contribution is 0.562. The number of halogens is 3. The first-order valence-corrected chi connectivity index (χ1v) is 5.92. The van der Waals surface area contributed by atoms with Crippen LogP contribution in [0, 0.1) is 24.4 Å². The Morgan fingerprint density at radius 3 is 2.37 bits per heavy atom. The first kappa shape index (κ1) is 13.6. The van der Waals surface area contributed by atoms with Crippen molar-refractivity contribution >= 4 is 0 Å². The van der Waals surface area contributed by atoms with E-state index in [9.17, 15) is 13.2 Å². The van der Waals surface area contributed by atoms with Gasteiger partial charge in [-0.05, 0) is 48.2 Å². The van der Waals surface area contributed by atoms with E-state index in [1.807, 2.05) is 0 Å². The molecular formula is C15H14F3N. The number of hydrogen-bond donors (Lipinski definition) is 1. The zero-order valence-corrected chi connectivity index (χ0v) is 10.5. The molecule has 0 fully saturated rings. The van der Waals surface area contributed by atoms with Crippen molar-refractivity contribution in [3.63, 3.8) is 0 Å². The van der Waals surface area contributed by atoms with E-state index in [0.717, 1.165) is 11.6 Å². The zero-order chi connectivity index (χ0) is 14.0. The highest BCUT2D eigenvalue weighted by Crippen LogP contribution is 2.20. The highest BCUT2D eigenvalue weighted by Gasteiger charge is 2.12. The van der Waals surface area contributed by atoms with Crippen LogP contribution in [-0.4, -0.2) is 0 Å². The Hall–Kier alpha value is -1.81. The Labute approximate surface area is 109 Å². The lowest BCUT2D eigenvalue weighted by Crippen LogP contribution is -2.14. The van der Waals surface area contributed by atoms with Crippen LogP contribution in [-0.2, 0) is 6.42 Å². The van der Waals surface area contributed by atoms with Gasteiger partial charge in [0.25, 0.3) is 0 Å². The highest BCUT2D eigenvalue weighted by atomic mass is 19.1. The molecular weight excluding hydrogens is 251 g/mol. The van der Waals surface area contributed by atoms with Gasteiger partial charge >= 0.3 is 0 Å². The predicted molar refractivity (Wildman–Crippen MR) is 68.1 cm³/mol. The van der Waals surface area contributed by atoms with Gasteiger partial charge in [-0.25, -0.2) is 13.2 Å². The smallest absolute Gasteiger partial charge is 0.129 e. The van der Waals surface area contributed by atoms with E-state index in [1.165, 1.54) is 24.3 Å². The number of benzene rings is 2. The van der Waals surface area contributed by atoms with Crippen molar-refractivity contribution in [2.45, 2.75) is 19.4 Å². The molecule has 2 rings (SSSR count). The fourth-order valence-corrected chi connectivity index (χ4v) is 2.02. The summed E-state index contributed by atoms with van der Waals surface area (Å²) < 4.78 is 39.6. The maximum Gasteiger partial charge on any atom is 0.129 e. The molecule has 0 saturated carbocycles. The van der Waals surface area contributed by atoms with Gasteiger partial charge in [0, 0.05) is 12.1 Å².